The summed E-state index contributed by atoms with van der Waals surface area (Å²) < 4.78 is 5.50. The summed E-state index contributed by atoms with van der Waals surface area (Å²) in [5.74, 6) is -0.830. The highest BCUT2D eigenvalue weighted by molar-refractivity contribution is 8.00. The molecule has 6 nitrogen and oxygen atoms in total. The Morgan fingerprint density at radius 2 is 1.19 bits per heavy atom. The highest BCUT2D eigenvalue weighted by Crippen LogP contribution is 2.31. The first-order valence-corrected chi connectivity index (χ1v) is 12.9. The number of ether oxygens (including phenoxy) is 1. The number of hydrogen-bond donors (Lipinski definition) is 2. The number of carbonyl (C=O) groups excluding carboxylic acids is 3. The molecule has 2 aromatic carbocycles. The van der Waals surface area contributed by atoms with Crippen molar-refractivity contribution in [1.29, 1.82) is 0 Å². The number of benzene rings is 2. The van der Waals surface area contributed by atoms with Crippen molar-refractivity contribution in [2.45, 2.75) is 15.9 Å². The van der Waals surface area contributed by atoms with Crippen molar-refractivity contribution in [3.63, 3.8) is 0 Å². The zero-order valence-electron chi connectivity index (χ0n) is 16.8. The van der Waals surface area contributed by atoms with Gasteiger partial charge in [-0.25, -0.2) is 0 Å². The fraction of sp³-hybridized carbons (Fsp3) is 0.286. The number of esters is 1. The minimum Gasteiger partial charge on any atom is -0.460 e. The van der Waals surface area contributed by atoms with E-state index in [1.54, 1.807) is 24.3 Å². The number of thioether (sulfide) groups is 2. The van der Waals surface area contributed by atoms with Gasteiger partial charge in [-0.15, -0.1) is 58.3 Å². The van der Waals surface area contributed by atoms with Crippen molar-refractivity contribution in [3.8, 4) is 0 Å². The van der Waals surface area contributed by atoms with Gasteiger partial charge in [0.1, 0.15) is 23.7 Å². The third-order valence-electron chi connectivity index (χ3n) is 3.82. The lowest BCUT2D eigenvalue weighted by molar-refractivity contribution is -0.143. The maximum absolute atomic E-state index is 11.8. The zero-order valence-corrected chi connectivity index (χ0v) is 20.7. The summed E-state index contributed by atoms with van der Waals surface area (Å²) in [6.45, 7) is 0. The molecule has 0 saturated carbocycles. The van der Waals surface area contributed by atoms with Crippen LogP contribution in [0.5, 0.6) is 0 Å². The lowest BCUT2D eigenvalue weighted by Gasteiger charge is -2.19. The molecular formula is C21H21Cl3N2O4S2. The Morgan fingerprint density at radius 3 is 1.59 bits per heavy atom. The smallest absolute Gasteiger partial charge is 0.321 e. The third kappa shape index (κ3) is 9.11. The highest BCUT2D eigenvalue weighted by atomic mass is 35.5. The number of carbonyl (C=O) groups is 3. The maximum atomic E-state index is 11.8. The van der Waals surface area contributed by atoms with Gasteiger partial charge in [0.25, 0.3) is 0 Å². The average molecular weight is 536 g/mol. The second-order valence-electron chi connectivity index (χ2n) is 6.22. The van der Waals surface area contributed by atoms with Crippen molar-refractivity contribution < 1.29 is 19.1 Å². The molecule has 172 valence electrons. The quantitative estimate of drug-likeness (QED) is 0.224. The van der Waals surface area contributed by atoms with Crippen molar-refractivity contribution in [3.05, 3.63) is 48.5 Å². The largest absolute Gasteiger partial charge is 0.460 e. The average Bonchev–Trinajstić information content (AvgIpc) is 2.81. The van der Waals surface area contributed by atoms with Crippen molar-refractivity contribution in [1.82, 2.24) is 0 Å². The molecule has 0 aliphatic heterocycles. The maximum Gasteiger partial charge on any atom is 0.321 e. The van der Waals surface area contributed by atoms with E-state index >= 15 is 0 Å². The van der Waals surface area contributed by atoms with Gasteiger partial charge in [0.2, 0.25) is 11.8 Å². The van der Waals surface area contributed by atoms with Crippen LogP contribution in [0.2, 0.25) is 0 Å². The van der Waals surface area contributed by atoms with E-state index in [1.165, 1.54) is 23.5 Å². The molecule has 0 unspecified atom stereocenters. The van der Waals surface area contributed by atoms with Crippen LogP contribution in [0.1, 0.15) is 0 Å². The van der Waals surface area contributed by atoms with E-state index in [4.69, 9.17) is 39.5 Å². The number of hydrogen-bond acceptors (Lipinski definition) is 6. The molecule has 32 heavy (non-hydrogen) atoms. The Labute approximate surface area is 210 Å². The number of rotatable bonds is 12. The van der Waals surface area contributed by atoms with Crippen LogP contribution in [0.4, 0.5) is 11.4 Å². The summed E-state index contributed by atoms with van der Waals surface area (Å²) in [4.78, 5) is 36.8. The second-order valence-corrected chi connectivity index (χ2v) is 9.15. The highest BCUT2D eigenvalue weighted by Gasteiger charge is 2.18. The normalized spacial score (nSPS) is 10.6. The van der Waals surface area contributed by atoms with Gasteiger partial charge in [-0.05, 0) is 24.3 Å². The molecule has 0 atom stereocenters. The van der Waals surface area contributed by atoms with Crippen LogP contribution in [0, 0.1) is 0 Å². The Balaban J connectivity index is 2.08. The molecule has 0 fully saturated rings. The minimum absolute atomic E-state index is 0.148. The summed E-state index contributed by atoms with van der Waals surface area (Å²) in [6.07, 6.45) is -0.468. The fourth-order valence-corrected chi connectivity index (χ4v) is 4.81. The number of amides is 2. The third-order valence-corrected chi connectivity index (χ3v) is 6.94. The van der Waals surface area contributed by atoms with E-state index in [0.29, 0.717) is 22.9 Å². The summed E-state index contributed by atoms with van der Waals surface area (Å²) in [6, 6.07) is 14.6. The zero-order chi connectivity index (χ0) is 23.3. The van der Waals surface area contributed by atoms with Crippen LogP contribution < -0.4 is 10.6 Å². The van der Waals surface area contributed by atoms with E-state index in [-0.39, 0.29) is 29.5 Å². The first-order valence-electron chi connectivity index (χ1n) is 9.37. The van der Waals surface area contributed by atoms with Gasteiger partial charge in [-0.2, -0.15) is 0 Å². The molecule has 2 aromatic rings. The standard InChI is InChI=1S/C21H21Cl3N2O4S2/c22-9-19(27)25-15-5-1-3-7-17(15)31-12-14(30-21(29)11-24)13-32-18-8-4-2-6-16(18)26-20(28)10-23/h1-8,14H,9-13H2,(H,25,27)(H,26,28). The topological polar surface area (TPSA) is 84.5 Å². The predicted octanol–water partition coefficient (Wildman–Crippen LogP) is 5.08. The minimum atomic E-state index is -0.523. The molecule has 2 N–H and O–H groups in total. The molecule has 0 aliphatic carbocycles. The second kappa shape index (κ2) is 14.5. The van der Waals surface area contributed by atoms with E-state index in [0.717, 1.165) is 9.79 Å². The van der Waals surface area contributed by atoms with Crippen LogP contribution >= 0.6 is 58.3 Å². The molecule has 2 rings (SSSR count). The Kier molecular flexibility index (Phi) is 12.1. The Morgan fingerprint density at radius 1 is 0.750 bits per heavy atom. The van der Waals surface area contributed by atoms with Crippen LogP contribution in [-0.2, 0) is 19.1 Å². The van der Waals surface area contributed by atoms with Gasteiger partial charge in [-0.1, -0.05) is 24.3 Å². The van der Waals surface area contributed by atoms with Gasteiger partial charge < -0.3 is 15.4 Å². The molecule has 11 heteroatoms. The molecule has 0 bridgehead atoms. The lowest BCUT2D eigenvalue weighted by Crippen LogP contribution is -2.24. The van der Waals surface area contributed by atoms with Crippen molar-refractivity contribution in [2.75, 3.05) is 39.8 Å². The molecule has 0 spiro atoms. The number of halogens is 3. The van der Waals surface area contributed by atoms with Gasteiger partial charge >= 0.3 is 5.97 Å². The van der Waals surface area contributed by atoms with Crippen molar-refractivity contribution >= 4 is 87.5 Å². The number of nitrogens with one attached hydrogen (secondary N) is 2. The van der Waals surface area contributed by atoms with Crippen molar-refractivity contribution in [2.24, 2.45) is 0 Å². The molecule has 0 aromatic heterocycles. The first-order chi connectivity index (χ1) is 15.5. The van der Waals surface area contributed by atoms with Crippen LogP contribution in [0.25, 0.3) is 0 Å². The SMILES string of the molecule is O=C(CCl)Nc1ccccc1SCC(CSc1ccccc1NC(=O)CCl)OC(=O)CCl. The molecule has 0 radical (unpaired) electrons. The summed E-state index contributed by atoms with van der Waals surface area (Å²) >= 11 is 19.7. The van der Waals surface area contributed by atoms with Crippen LogP contribution in [0.3, 0.4) is 0 Å². The summed E-state index contributed by atoms with van der Waals surface area (Å²) in [5.41, 5.74) is 1.26. The Hall–Kier alpha value is -1.58. The van der Waals surface area contributed by atoms with Gasteiger partial charge in [0, 0.05) is 21.3 Å². The van der Waals surface area contributed by atoms with Crippen LogP contribution in [-0.4, -0.2) is 53.0 Å². The molecular weight excluding hydrogens is 515 g/mol. The van der Waals surface area contributed by atoms with E-state index in [1.807, 2.05) is 24.3 Å². The molecule has 0 aliphatic rings. The summed E-state index contributed by atoms with van der Waals surface area (Å²) in [7, 11) is 0. The number of anilines is 2. The van der Waals surface area contributed by atoms with Gasteiger partial charge in [0.15, 0.2) is 0 Å². The monoisotopic (exact) mass is 534 g/mol. The number of alkyl halides is 3. The fourth-order valence-electron chi connectivity index (χ4n) is 2.46. The summed E-state index contributed by atoms with van der Waals surface area (Å²) in [5, 5.41) is 5.50. The van der Waals surface area contributed by atoms with E-state index < -0.39 is 12.1 Å². The van der Waals surface area contributed by atoms with Gasteiger partial charge in [0.05, 0.1) is 11.4 Å². The van der Waals surface area contributed by atoms with Crippen LogP contribution in [0.15, 0.2) is 58.3 Å². The van der Waals surface area contributed by atoms with E-state index in [9.17, 15) is 14.4 Å². The molecule has 0 saturated heterocycles. The molecule has 0 heterocycles. The number of para-hydroxylation sites is 2. The lowest BCUT2D eigenvalue weighted by atomic mass is 10.3. The molecule has 2 amide bonds. The van der Waals surface area contributed by atoms with E-state index in [2.05, 4.69) is 10.6 Å². The van der Waals surface area contributed by atoms with Gasteiger partial charge in [-0.3, -0.25) is 14.4 Å². The first kappa shape index (κ1) is 26.7. The predicted molar refractivity (Wildman–Crippen MR) is 134 cm³/mol. The Bertz CT molecular complexity index is 868.